The molecule has 2 rings (SSSR count). The van der Waals surface area contributed by atoms with Crippen LogP contribution in [0.4, 0.5) is 0 Å². The van der Waals surface area contributed by atoms with E-state index in [-0.39, 0.29) is 18.4 Å². The fraction of sp³-hybridized carbons (Fsp3) is 0.316. The first-order valence-electron chi connectivity index (χ1n) is 8.50. The van der Waals surface area contributed by atoms with Crippen molar-refractivity contribution in [1.29, 1.82) is 0 Å². The van der Waals surface area contributed by atoms with Crippen molar-refractivity contribution in [2.24, 2.45) is 5.92 Å². The minimum Gasteiger partial charge on any atom is -0.483 e. The van der Waals surface area contributed by atoms with Gasteiger partial charge in [0, 0.05) is 0 Å². The third-order valence-corrected chi connectivity index (χ3v) is 4.63. The number of nitrogens with one attached hydrogen (secondary N) is 3. The summed E-state index contributed by atoms with van der Waals surface area (Å²) in [5.74, 6) is -0.887. The Morgan fingerprint density at radius 3 is 2.44 bits per heavy atom. The average molecular weight is 389 g/mol. The molecule has 0 aliphatic carbocycles. The number of amides is 3. The van der Waals surface area contributed by atoms with Gasteiger partial charge in [-0.05, 0) is 35.9 Å². The van der Waals surface area contributed by atoms with Gasteiger partial charge in [-0.3, -0.25) is 25.2 Å². The number of hydrazine groups is 1. The van der Waals surface area contributed by atoms with Crippen molar-refractivity contribution in [3.05, 3.63) is 52.2 Å². The second kappa shape index (κ2) is 9.72. The maximum Gasteiger partial charge on any atom is 0.276 e. The van der Waals surface area contributed by atoms with Crippen molar-refractivity contribution in [2.45, 2.75) is 26.8 Å². The molecule has 0 bridgehead atoms. The summed E-state index contributed by atoms with van der Waals surface area (Å²) >= 11 is 1.29. The number of thiophene rings is 1. The SMILES string of the molecule is Cc1ccccc1OCC(=O)NNC(=O)[C@H](NC(=O)c1cccs1)C(C)C. The Morgan fingerprint density at radius 2 is 1.81 bits per heavy atom. The second-order valence-corrected chi connectivity index (χ2v) is 7.21. The highest BCUT2D eigenvalue weighted by molar-refractivity contribution is 7.12. The Morgan fingerprint density at radius 1 is 1.07 bits per heavy atom. The van der Waals surface area contributed by atoms with Crippen LogP contribution in [0.2, 0.25) is 0 Å². The summed E-state index contributed by atoms with van der Waals surface area (Å²) in [6, 6.07) is 9.98. The van der Waals surface area contributed by atoms with Crippen LogP contribution < -0.4 is 20.9 Å². The number of aryl methyl sites for hydroxylation is 1. The Bertz CT molecular complexity index is 790. The molecule has 7 nitrogen and oxygen atoms in total. The molecular formula is C19H23N3O4S. The first-order chi connectivity index (χ1) is 12.9. The number of ether oxygens (including phenoxy) is 1. The molecule has 8 heteroatoms. The topological polar surface area (TPSA) is 96.5 Å². The fourth-order valence-electron chi connectivity index (χ4n) is 2.26. The number of hydrogen-bond acceptors (Lipinski definition) is 5. The summed E-state index contributed by atoms with van der Waals surface area (Å²) < 4.78 is 5.42. The smallest absolute Gasteiger partial charge is 0.276 e. The molecular weight excluding hydrogens is 366 g/mol. The lowest BCUT2D eigenvalue weighted by atomic mass is 10.0. The van der Waals surface area contributed by atoms with Crippen molar-refractivity contribution in [3.8, 4) is 5.75 Å². The van der Waals surface area contributed by atoms with Crippen LogP contribution >= 0.6 is 11.3 Å². The molecule has 3 N–H and O–H groups in total. The van der Waals surface area contributed by atoms with E-state index in [1.54, 1.807) is 23.6 Å². The zero-order chi connectivity index (χ0) is 19.8. The van der Waals surface area contributed by atoms with E-state index >= 15 is 0 Å². The van der Waals surface area contributed by atoms with Crippen molar-refractivity contribution in [3.63, 3.8) is 0 Å². The Balaban J connectivity index is 1.83. The molecule has 1 aromatic heterocycles. The van der Waals surface area contributed by atoms with Gasteiger partial charge in [0.15, 0.2) is 6.61 Å². The number of benzene rings is 1. The molecule has 2 aromatic rings. The summed E-state index contributed by atoms with van der Waals surface area (Å²) in [6.45, 7) is 5.25. The van der Waals surface area contributed by atoms with Gasteiger partial charge in [-0.15, -0.1) is 11.3 Å². The van der Waals surface area contributed by atoms with Crippen LogP contribution in [0.1, 0.15) is 29.1 Å². The Kier molecular flexibility index (Phi) is 7.36. The highest BCUT2D eigenvalue weighted by Gasteiger charge is 2.25. The van der Waals surface area contributed by atoms with Crippen molar-refractivity contribution in [1.82, 2.24) is 16.2 Å². The molecule has 27 heavy (non-hydrogen) atoms. The Hall–Kier alpha value is -2.87. The first-order valence-corrected chi connectivity index (χ1v) is 9.38. The average Bonchev–Trinajstić information content (AvgIpc) is 3.18. The highest BCUT2D eigenvalue weighted by atomic mass is 32.1. The zero-order valence-electron chi connectivity index (χ0n) is 15.4. The molecule has 0 unspecified atom stereocenters. The van der Waals surface area contributed by atoms with Crippen molar-refractivity contribution >= 4 is 29.1 Å². The predicted molar refractivity (Wildman–Crippen MR) is 103 cm³/mol. The minimum atomic E-state index is -0.780. The number of para-hydroxylation sites is 1. The largest absolute Gasteiger partial charge is 0.483 e. The van der Waals surface area contributed by atoms with Crippen LogP contribution in [0.5, 0.6) is 5.75 Å². The number of hydrogen-bond donors (Lipinski definition) is 3. The summed E-state index contributed by atoms with van der Waals surface area (Å²) in [7, 11) is 0. The maximum absolute atomic E-state index is 12.3. The molecule has 1 atom stereocenters. The van der Waals surface area contributed by atoms with E-state index in [0.29, 0.717) is 10.6 Å². The molecule has 0 saturated heterocycles. The van der Waals surface area contributed by atoms with Gasteiger partial charge < -0.3 is 10.1 Å². The van der Waals surface area contributed by atoms with Gasteiger partial charge in [-0.2, -0.15) is 0 Å². The summed E-state index contributed by atoms with van der Waals surface area (Å²) in [4.78, 5) is 36.9. The van der Waals surface area contributed by atoms with E-state index in [4.69, 9.17) is 4.74 Å². The lowest BCUT2D eigenvalue weighted by molar-refractivity contribution is -0.131. The number of carbonyl (C=O) groups is 3. The molecule has 144 valence electrons. The lowest BCUT2D eigenvalue weighted by Crippen LogP contribution is -2.54. The van der Waals surface area contributed by atoms with Gasteiger partial charge >= 0.3 is 0 Å². The van der Waals surface area contributed by atoms with E-state index in [0.717, 1.165) is 5.56 Å². The normalized spacial score (nSPS) is 11.6. The quantitative estimate of drug-likeness (QED) is 0.632. The van der Waals surface area contributed by atoms with Crippen LogP contribution in [-0.2, 0) is 9.59 Å². The van der Waals surface area contributed by atoms with Crippen LogP contribution in [0.15, 0.2) is 41.8 Å². The van der Waals surface area contributed by atoms with Gasteiger partial charge in [-0.1, -0.05) is 38.1 Å². The molecule has 0 fully saturated rings. The standard InChI is InChI=1S/C19H23N3O4S/c1-12(2)17(20-18(24)15-9-6-10-27-15)19(25)22-21-16(23)11-26-14-8-5-4-7-13(14)3/h4-10,12,17H,11H2,1-3H3,(H,20,24)(H,21,23)(H,22,25)/t17-/m1/s1. The summed E-state index contributed by atoms with van der Waals surface area (Å²) in [5.41, 5.74) is 5.55. The summed E-state index contributed by atoms with van der Waals surface area (Å²) in [5, 5.41) is 4.47. The molecule has 1 aromatic carbocycles. The van der Waals surface area contributed by atoms with Crippen molar-refractivity contribution < 1.29 is 19.1 Å². The first kappa shape index (κ1) is 20.4. The van der Waals surface area contributed by atoms with E-state index in [2.05, 4.69) is 16.2 Å². The zero-order valence-corrected chi connectivity index (χ0v) is 16.3. The van der Waals surface area contributed by atoms with Gasteiger partial charge in [0.1, 0.15) is 11.8 Å². The lowest BCUT2D eigenvalue weighted by Gasteiger charge is -2.21. The van der Waals surface area contributed by atoms with Crippen LogP contribution in [0.25, 0.3) is 0 Å². The van der Waals surface area contributed by atoms with Crippen LogP contribution in [-0.4, -0.2) is 30.4 Å². The number of rotatable bonds is 7. The van der Waals surface area contributed by atoms with Crippen LogP contribution in [0.3, 0.4) is 0 Å². The molecule has 0 aliphatic heterocycles. The maximum atomic E-state index is 12.3. The van der Waals surface area contributed by atoms with E-state index < -0.39 is 17.9 Å². The molecule has 0 saturated carbocycles. The second-order valence-electron chi connectivity index (χ2n) is 6.26. The van der Waals surface area contributed by atoms with Gasteiger partial charge in [0.25, 0.3) is 17.7 Å². The molecule has 0 radical (unpaired) electrons. The Labute approximate surface area is 162 Å². The van der Waals surface area contributed by atoms with Gasteiger partial charge in [-0.25, -0.2) is 0 Å². The van der Waals surface area contributed by atoms with Crippen molar-refractivity contribution in [2.75, 3.05) is 6.61 Å². The molecule has 3 amide bonds. The van der Waals surface area contributed by atoms with E-state index in [1.807, 2.05) is 39.0 Å². The van der Waals surface area contributed by atoms with Gasteiger partial charge in [0.05, 0.1) is 4.88 Å². The highest BCUT2D eigenvalue weighted by Crippen LogP contribution is 2.15. The minimum absolute atomic E-state index is 0.158. The summed E-state index contributed by atoms with van der Waals surface area (Å²) in [6.07, 6.45) is 0. The molecule has 0 spiro atoms. The predicted octanol–water partition coefficient (Wildman–Crippen LogP) is 2.04. The third-order valence-electron chi connectivity index (χ3n) is 3.76. The van der Waals surface area contributed by atoms with E-state index in [1.165, 1.54) is 11.3 Å². The fourth-order valence-corrected chi connectivity index (χ4v) is 2.89. The third kappa shape index (κ3) is 6.10. The number of carbonyl (C=O) groups excluding carboxylic acids is 3. The molecule has 0 aliphatic rings. The molecule has 1 heterocycles. The van der Waals surface area contributed by atoms with Crippen LogP contribution in [0, 0.1) is 12.8 Å². The van der Waals surface area contributed by atoms with E-state index in [9.17, 15) is 14.4 Å². The monoisotopic (exact) mass is 389 g/mol. The van der Waals surface area contributed by atoms with Gasteiger partial charge in [0.2, 0.25) is 0 Å².